The molecule has 1 aromatic heterocycles. The normalized spacial score (nSPS) is 10.6. The number of esters is 1. The van der Waals surface area contributed by atoms with E-state index >= 15 is 0 Å². The molecule has 0 atom stereocenters. The van der Waals surface area contributed by atoms with Crippen LogP contribution in [0.1, 0.15) is 15.9 Å². The van der Waals surface area contributed by atoms with Crippen LogP contribution in [0.5, 0.6) is 0 Å². The van der Waals surface area contributed by atoms with Gasteiger partial charge in [0.2, 0.25) is 0 Å². The lowest BCUT2D eigenvalue weighted by Gasteiger charge is -2.11. The maximum absolute atomic E-state index is 12.9. The number of ether oxygens (including phenoxy) is 1. The third-order valence-corrected chi connectivity index (χ3v) is 5.35. The highest BCUT2D eigenvalue weighted by Crippen LogP contribution is 2.27. The number of hydrogen-bond acceptors (Lipinski definition) is 6. The predicted molar refractivity (Wildman–Crippen MR) is 129 cm³/mol. The molecule has 9 heteroatoms. The van der Waals surface area contributed by atoms with Crippen molar-refractivity contribution < 1.29 is 19.2 Å². The third kappa shape index (κ3) is 5.02. The van der Waals surface area contributed by atoms with E-state index in [4.69, 9.17) is 16.3 Å². The zero-order valence-electron chi connectivity index (χ0n) is 17.9. The van der Waals surface area contributed by atoms with Crippen LogP contribution in [0.4, 0.5) is 11.4 Å². The zero-order valence-corrected chi connectivity index (χ0v) is 18.7. The first-order valence-corrected chi connectivity index (χ1v) is 10.6. The Bertz CT molecular complexity index is 1420. The van der Waals surface area contributed by atoms with Gasteiger partial charge in [0.05, 0.1) is 21.7 Å². The molecule has 4 rings (SSSR count). The summed E-state index contributed by atoms with van der Waals surface area (Å²) in [4.78, 5) is 40.4. The average Bonchev–Trinajstić information content (AvgIpc) is 2.83. The summed E-state index contributed by atoms with van der Waals surface area (Å²) in [5.41, 5.74) is 2.76. The van der Waals surface area contributed by atoms with Gasteiger partial charge in [0.1, 0.15) is 0 Å². The average molecular weight is 476 g/mol. The highest BCUT2D eigenvalue weighted by Gasteiger charge is 2.17. The number of aryl methyl sites for hydroxylation is 1. The summed E-state index contributed by atoms with van der Waals surface area (Å²) < 4.78 is 5.25. The molecular formula is C25H18ClN3O5. The lowest BCUT2D eigenvalue weighted by molar-refractivity contribution is -0.385. The maximum atomic E-state index is 12.9. The standard InChI is InChI=1S/C25H18ClN3O5/c1-15-6-11-18(12-23(15)29(32)33)27-24(30)14-34-25(31)20-13-22(16-7-9-17(26)10-8-16)28-21-5-3-2-4-19(20)21/h2-13H,14H2,1H3,(H,27,30). The van der Waals surface area contributed by atoms with Crippen molar-refractivity contribution in [3.8, 4) is 11.3 Å². The van der Waals surface area contributed by atoms with Crippen molar-refractivity contribution >= 4 is 45.8 Å². The Hall–Kier alpha value is -4.30. The minimum atomic E-state index is -0.696. The fourth-order valence-corrected chi connectivity index (χ4v) is 3.53. The number of carbonyl (C=O) groups excluding carboxylic acids is 2. The van der Waals surface area contributed by atoms with Crippen molar-refractivity contribution in [3.63, 3.8) is 0 Å². The Balaban J connectivity index is 1.53. The molecule has 0 unspecified atom stereocenters. The van der Waals surface area contributed by atoms with Gasteiger partial charge in [-0.1, -0.05) is 48.0 Å². The van der Waals surface area contributed by atoms with Gasteiger partial charge in [-0.05, 0) is 37.3 Å². The zero-order chi connectivity index (χ0) is 24.2. The van der Waals surface area contributed by atoms with Gasteiger partial charge in [-0.15, -0.1) is 0 Å². The number of anilines is 1. The van der Waals surface area contributed by atoms with Crippen LogP contribution in [0.25, 0.3) is 22.2 Å². The smallest absolute Gasteiger partial charge is 0.339 e. The molecule has 0 bridgehead atoms. The molecule has 0 fully saturated rings. The van der Waals surface area contributed by atoms with Gasteiger partial charge >= 0.3 is 5.97 Å². The number of nitrogens with zero attached hydrogens (tertiary/aromatic N) is 2. The number of aromatic nitrogens is 1. The molecular weight excluding hydrogens is 458 g/mol. The van der Waals surface area contributed by atoms with Crippen LogP contribution < -0.4 is 5.32 Å². The molecule has 1 heterocycles. The second kappa shape index (κ2) is 9.68. The van der Waals surface area contributed by atoms with Crippen molar-refractivity contribution in [2.75, 3.05) is 11.9 Å². The van der Waals surface area contributed by atoms with E-state index in [0.29, 0.717) is 27.2 Å². The molecule has 1 amide bonds. The Morgan fingerprint density at radius 3 is 2.53 bits per heavy atom. The van der Waals surface area contributed by atoms with Crippen molar-refractivity contribution in [1.82, 2.24) is 4.98 Å². The summed E-state index contributed by atoms with van der Waals surface area (Å²) in [7, 11) is 0. The molecule has 1 N–H and O–H groups in total. The van der Waals surface area contributed by atoms with Gasteiger partial charge in [-0.2, -0.15) is 0 Å². The highest BCUT2D eigenvalue weighted by molar-refractivity contribution is 6.30. The monoisotopic (exact) mass is 475 g/mol. The highest BCUT2D eigenvalue weighted by atomic mass is 35.5. The number of pyridine rings is 1. The first-order chi connectivity index (χ1) is 16.3. The second-order valence-electron chi connectivity index (χ2n) is 7.46. The topological polar surface area (TPSA) is 111 Å². The van der Waals surface area contributed by atoms with Gasteiger partial charge in [0.15, 0.2) is 6.61 Å². The van der Waals surface area contributed by atoms with Gasteiger partial charge in [-0.3, -0.25) is 14.9 Å². The van der Waals surface area contributed by atoms with E-state index in [0.717, 1.165) is 5.56 Å². The number of carbonyl (C=O) groups is 2. The fourth-order valence-electron chi connectivity index (χ4n) is 3.40. The Morgan fingerprint density at radius 2 is 1.79 bits per heavy atom. The third-order valence-electron chi connectivity index (χ3n) is 5.10. The molecule has 0 aliphatic rings. The lowest BCUT2D eigenvalue weighted by Crippen LogP contribution is -2.21. The first kappa shape index (κ1) is 22.9. The summed E-state index contributed by atoms with van der Waals surface area (Å²) >= 11 is 5.97. The summed E-state index contributed by atoms with van der Waals surface area (Å²) in [6, 6.07) is 20.1. The van der Waals surface area contributed by atoms with E-state index in [2.05, 4.69) is 10.3 Å². The molecule has 0 radical (unpaired) electrons. The number of fused-ring (bicyclic) bond motifs is 1. The minimum Gasteiger partial charge on any atom is -0.452 e. The van der Waals surface area contributed by atoms with Crippen LogP contribution in [0.15, 0.2) is 72.8 Å². The molecule has 4 aromatic rings. The number of nitro groups is 1. The number of nitrogens with one attached hydrogen (secondary N) is 1. The summed E-state index contributed by atoms with van der Waals surface area (Å²) in [5.74, 6) is -1.32. The van der Waals surface area contributed by atoms with Crippen molar-refractivity contribution in [2.45, 2.75) is 6.92 Å². The summed E-state index contributed by atoms with van der Waals surface area (Å²) in [6.45, 7) is 1.04. The molecule has 0 aliphatic heterocycles. The number of hydrogen-bond donors (Lipinski definition) is 1. The molecule has 0 saturated carbocycles. The van der Waals surface area contributed by atoms with E-state index in [-0.39, 0.29) is 16.9 Å². The van der Waals surface area contributed by atoms with Crippen LogP contribution in [-0.2, 0) is 9.53 Å². The SMILES string of the molecule is Cc1ccc(NC(=O)COC(=O)c2cc(-c3ccc(Cl)cc3)nc3ccccc23)cc1[N+](=O)[O-]. The quantitative estimate of drug-likeness (QED) is 0.222. The number of amides is 1. The summed E-state index contributed by atoms with van der Waals surface area (Å²) in [6.07, 6.45) is 0. The largest absolute Gasteiger partial charge is 0.452 e. The molecule has 170 valence electrons. The summed E-state index contributed by atoms with van der Waals surface area (Å²) in [5, 5.41) is 14.8. The van der Waals surface area contributed by atoms with E-state index in [1.165, 1.54) is 18.2 Å². The van der Waals surface area contributed by atoms with Crippen molar-refractivity contribution in [1.29, 1.82) is 0 Å². The maximum Gasteiger partial charge on any atom is 0.339 e. The first-order valence-electron chi connectivity index (χ1n) is 10.2. The number of rotatable bonds is 6. The number of benzene rings is 3. The van der Waals surface area contributed by atoms with Gasteiger partial charge in [0.25, 0.3) is 11.6 Å². The predicted octanol–water partition coefficient (Wildman–Crippen LogP) is 5.57. The molecule has 8 nitrogen and oxygen atoms in total. The van der Waals surface area contributed by atoms with E-state index < -0.39 is 23.4 Å². The fraction of sp³-hybridized carbons (Fsp3) is 0.0800. The molecule has 0 aliphatic carbocycles. The van der Waals surface area contributed by atoms with Crippen LogP contribution in [-0.4, -0.2) is 28.4 Å². The number of nitro benzene ring substituents is 1. The van der Waals surface area contributed by atoms with Crippen LogP contribution in [0.2, 0.25) is 5.02 Å². The minimum absolute atomic E-state index is 0.118. The Kier molecular flexibility index (Phi) is 6.51. The van der Waals surface area contributed by atoms with E-state index in [9.17, 15) is 19.7 Å². The van der Waals surface area contributed by atoms with Gasteiger partial charge < -0.3 is 10.1 Å². The molecule has 34 heavy (non-hydrogen) atoms. The van der Waals surface area contributed by atoms with Gasteiger partial charge in [0, 0.05) is 33.3 Å². The molecule has 0 saturated heterocycles. The van der Waals surface area contributed by atoms with E-state index in [1.54, 1.807) is 55.5 Å². The van der Waals surface area contributed by atoms with Crippen molar-refractivity contribution in [3.05, 3.63) is 99.1 Å². The van der Waals surface area contributed by atoms with Crippen molar-refractivity contribution in [2.24, 2.45) is 0 Å². The molecule has 0 spiro atoms. The molecule has 3 aromatic carbocycles. The van der Waals surface area contributed by atoms with E-state index in [1.807, 2.05) is 6.07 Å². The Labute approximate surface area is 199 Å². The van der Waals surface area contributed by atoms with Crippen LogP contribution in [0.3, 0.4) is 0 Å². The second-order valence-corrected chi connectivity index (χ2v) is 7.90. The van der Waals surface area contributed by atoms with Crippen LogP contribution >= 0.6 is 11.6 Å². The van der Waals surface area contributed by atoms with Gasteiger partial charge in [-0.25, -0.2) is 9.78 Å². The van der Waals surface area contributed by atoms with Crippen LogP contribution in [0, 0.1) is 17.0 Å². The lowest BCUT2D eigenvalue weighted by atomic mass is 10.0. The number of para-hydroxylation sites is 1. The number of halogens is 1. The Morgan fingerprint density at radius 1 is 1.06 bits per heavy atom.